The van der Waals surface area contributed by atoms with Crippen LogP contribution in [0.4, 0.5) is 0 Å². The number of nitrogens with one attached hydrogen (secondary N) is 1. The number of aliphatic hydroxyl groups is 3. The quantitative estimate of drug-likeness (QED) is 0.105. The first-order valence-corrected chi connectivity index (χ1v) is 19.9. The lowest BCUT2D eigenvalue weighted by atomic mass is 9.77. The van der Waals surface area contributed by atoms with Gasteiger partial charge in [-0.3, -0.25) is 4.79 Å². The molecule has 3 fully saturated rings. The number of carbonyl (C=O) groups is 1. The first-order valence-electron chi connectivity index (χ1n) is 19.9. The maximum Gasteiger partial charge on any atom is 0.311 e. The summed E-state index contributed by atoms with van der Waals surface area (Å²) in [4.78, 5) is 15.8. The van der Waals surface area contributed by atoms with Crippen LogP contribution < -0.4 is 5.32 Å². The van der Waals surface area contributed by atoms with Crippen LogP contribution in [0.5, 0.6) is 0 Å². The predicted octanol–water partition coefficient (Wildman–Crippen LogP) is 3.88. The van der Waals surface area contributed by atoms with Crippen molar-refractivity contribution in [1.82, 2.24) is 10.2 Å². The van der Waals surface area contributed by atoms with Crippen LogP contribution in [0.25, 0.3) is 0 Å². The third-order valence-corrected chi connectivity index (χ3v) is 12.3. The second-order valence-corrected chi connectivity index (χ2v) is 17.9. The number of hydrogen-bond donors (Lipinski definition) is 4. The van der Waals surface area contributed by atoms with E-state index in [0.717, 1.165) is 6.42 Å². The van der Waals surface area contributed by atoms with Crippen LogP contribution in [-0.4, -0.2) is 145 Å². The Labute approximate surface area is 320 Å². The van der Waals surface area contributed by atoms with Crippen molar-refractivity contribution in [2.24, 2.45) is 23.7 Å². The topological polar surface area (TPSA) is 161 Å². The zero-order valence-corrected chi connectivity index (χ0v) is 35.5. The summed E-state index contributed by atoms with van der Waals surface area (Å²) in [5.41, 5.74) is -3.96. The molecule has 0 aliphatic carbocycles. The molecule has 312 valence electrons. The van der Waals surface area contributed by atoms with Crippen LogP contribution in [0.1, 0.15) is 109 Å². The van der Waals surface area contributed by atoms with Gasteiger partial charge >= 0.3 is 5.97 Å². The van der Waals surface area contributed by atoms with Gasteiger partial charge in [-0.05, 0) is 101 Å². The molecule has 3 aliphatic rings. The molecule has 3 saturated heterocycles. The molecule has 3 rings (SSSR count). The molecular weight excluding hydrogens is 684 g/mol. The molecule has 0 aromatic carbocycles. The normalized spacial score (nSPS) is 35.9. The van der Waals surface area contributed by atoms with Crippen LogP contribution >= 0.6 is 0 Å². The van der Waals surface area contributed by atoms with Crippen LogP contribution in [0, 0.1) is 23.7 Å². The van der Waals surface area contributed by atoms with E-state index in [0.29, 0.717) is 32.4 Å². The van der Waals surface area contributed by atoms with E-state index in [4.69, 9.17) is 33.2 Å². The third-order valence-electron chi connectivity index (χ3n) is 12.3. The molecular formula is C40H76N2O11. The Morgan fingerprint density at radius 2 is 1.68 bits per heavy atom. The van der Waals surface area contributed by atoms with Crippen molar-refractivity contribution in [2.45, 2.75) is 186 Å². The number of methoxy groups -OCH3 is 1. The van der Waals surface area contributed by atoms with E-state index in [2.05, 4.69) is 31.2 Å². The fraction of sp³-hybridized carbons (Fsp3) is 0.975. The van der Waals surface area contributed by atoms with E-state index < -0.39 is 77.1 Å². The Morgan fingerprint density at radius 1 is 1.06 bits per heavy atom. The predicted molar refractivity (Wildman–Crippen MR) is 202 cm³/mol. The minimum absolute atomic E-state index is 0.0269. The molecule has 13 heteroatoms. The van der Waals surface area contributed by atoms with Gasteiger partial charge in [-0.15, -0.1) is 0 Å². The molecule has 53 heavy (non-hydrogen) atoms. The van der Waals surface area contributed by atoms with Crippen molar-refractivity contribution in [1.29, 1.82) is 0 Å². The summed E-state index contributed by atoms with van der Waals surface area (Å²) in [5.74, 6) is -1.80. The van der Waals surface area contributed by atoms with Gasteiger partial charge in [0, 0.05) is 37.5 Å². The lowest BCUT2D eigenvalue weighted by molar-refractivity contribution is -0.308. The van der Waals surface area contributed by atoms with Gasteiger partial charge in [0.05, 0.1) is 60.9 Å². The van der Waals surface area contributed by atoms with Crippen LogP contribution in [0.3, 0.4) is 0 Å². The lowest BCUT2D eigenvalue weighted by Gasteiger charge is -2.49. The highest BCUT2D eigenvalue weighted by Gasteiger charge is 2.67. The number of hydrogen-bond acceptors (Lipinski definition) is 13. The highest BCUT2D eigenvalue weighted by molar-refractivity contribution is 5.72. The van der Waals surface area contributed by atoms with Gasteiger partial charge in [-0.1, -0.05) is 27.7 Å². The summed E-state index contributed by atoms with van der Waals surface area (Å²) >= 11 is 0. The van der Waals surface area contributed by atoms with Gasteiger partial charge in [-0.25, -0.2) is 0 Å². The van der Waals surface area contributed by atoms with E-state index in [1.54, 1.807) is 34.8 Å². The van der Waals surface area contributed by atoms with Crippen molar-refractivity contribution in [3.05, 3.63) is 0 Å². The number of esters is 1. The highest BCUT2D eigenvalue weighted by atomic mass is 16.7. The summed E-state index contributed by atoms with van der Waals surface area (Å²) in [6.07, 6.45) is -2.21. The molecule has 16 atom stereocenters. The fourth-order valence-electron chi connectivity index (χ4n) is 8.74. The number of aliphatic hydroxyl groups excluding tert-OH is 1. The standard InChI is InChI=1S/C40H76N2O11/c1-16-17-48-35(44)27(6)32(52-31-20-39(12,47-15)40(22-49-40)29(8)51-31)26(5)34(53-36-25(4)30(42(13)14)18-24(3)50-36)38(11,46)19-23(2)21-41-28(7)33(43)37(9,10)45/h23-34,36,41,43,45-46H,16-22H2,1-15H3/t23?,24?,25-,26?,27?,28?,29?,30?,31?,32?,33?,34?,36?,38?,39?,40?/m1/s1. The van der Waals surface area contributed by atoms with Crippen molar-refractivity contribution in [3.63, 3.8) is 0 Å². The van der Waals surface area contributed by atoms with Crippen LogP contribution in [0.15, 0.2) is 0 Å². The minimum Gasteiger partial charge on any atom is -0.465 e. The van der Waals surface area contributed by atoms with Gasteiger partial charge in [0.2, 0.25) is 0 Å². The van der Waals surface area contributed by atoms with E-state index in [-0.39, 0.29) is 36.7 Å². The average molecular weight is 761 g/mol. The van der Waals surface area contributed by atoms with Gasteiger partial charge < -0.3 is 58.7 Å². The van der Waals surface area contributed by atoms with Gasteiger partial charge in [0.1, 0.15) is 11.2 Å². The second kappa shape index (κ2) is 18.5. The number of carbonyl (C=O) groups excluding carboxylic acids is 1. The Balaban J connectivity index is 1.99. The van der Waals surface area contributed by atoms with Gasteiger partial charge in [-0.2, -0.15) is 0 Å². The van der Waals surface area contributed by atoms with E-state index >= 15 is 0 Å². The molecule has 0 bridgehead atoms. The largest absolute Gasteiger partial charge is 0.465 e. The molecule has 0 saturated carbocycles. The molecule has 15 unspecified atom stereocenters. The molecule has 0 aromatic rings. The third kappa shape index (κ3) is 11.1. The summed E-state index contributed by atoms with van der Waals surface area (Å²) < 4.78 is 44.4. The summed E-state index contributed by atoms with van der Waals surface area (Å²) in [6.45, 7) is 23.8. The SMILES string of the molecule is CCCOC(=O)C(C)C(OC1CC(C)(OC)C2(CO2)C(C)O1)C(C)C(OC1OC(C)CC(N(C)C)[C@H]1C)C(C)(O)CC(C)CNC(C)C(O)C(C)(C)O. The Kier molecular flexibility index (Phi) is 16.2. The molecule has 0 amide bonds. The van der Waals surface area contributed by atoms with E-state index in [9.17, 15) is 20.1 Å². The van der Waals surface area contributed by atoms with E-state index in [1.807, 2.05) is 48.5 Å². The zero-order valence-electron chi connectivity index (χ0n) is 35.5. The Morgan fingerprint density at radius 3 is 2.21 bits per heavy atom. The summed E-state index contributed by atoms with van der Waals surface area (Å²) in [5, 5.41) is 36.9. The first-order chi connectivity index (χ1) is 24.4. The smallest absolute Gasteiger partial charge is 0.311 e. The zero-order chi connectivity index (χ0) is 40.3. The lowest BCUT2D eigenvalue weighted by Crippen LogP contribution is -2.61. The van der Waals surface area contributed by atoms with Gasteiger partial charge in [0.25, 0.3) is 0 Å². The Hall–Kier alpha value is -0.970. The molecule has 13 nitrogen and oxygen atoms in total. The van der Waals surface area contributed by atoms with Crippen molar-refractivity contribution < 1.29 is 53.3 Å². The first kappa shape index (κ1) is 46.4. The van der Waals surface area contributed by atoms with Crippen LogP contribution in [-0.2, 0) is 38.0 Å². The maximum absolute atomic E-state index is 13.6. The molecule has 3 aliphatic heterocycles. The van der Waals surface area contributed by atoms with E-state index in [1.165, 1.54) is 0 Å². The summed E-state index contributed by atoms with van der Waals surface area (Å²) in [6, 6.07) is -0.204. The number of rotatable bonds is 20. The average Bonchev–Trinajstić information content (AvgIpc) is 3.88. The summed E-state index contributed by atoms with van der Waals surface area (Å²) in [7, 11) is 5.78. The number of epoxide rings is 1. The highest BCUT2D eigenvalue weighted by Crippen LogP contribution is 2.51. The second-order valence-electron chi connectivity index (χ2n) is 17.9. The van der Waals surface area contributed by atoms with Crippen LogP contribution in [0.2, 0.25) is 0 Å². The number of ether oxygens (including phenoxy) is 7. The monoisotopic (exact) mass is 761 g/mol. The molecule has 3 heterocycles. The maximum atomic E-state index is 13.6. The molecule has 0 aromatic heterocycles. The van der Waals surface area contributed by atoms with Crippen molar-refractivity contribution >= 4 is 5.97 Å². The van der Waals surface area contributed by atoms with Crippen molar-refractivity contribution in [2.75, 3.05) is 41.0 Å². The molecule has 0 radical (unpaired) electrons. The number of nitrogens with zero attached hydrogens (tertiary/aromatic N) is 1. The molecule has 4 N–H and O–H groups in total. The van der Waals surface area contributed by atoms with Gasteiger partial charge in [0.15, 0.2) is 12.6 Å². The Bertz CT molecular complexity index is 1150. The van der Waals surface area contributed by atoms with Crippen molar-refractivity contribution in [3.8, 4) is 0 Å². The fourth-order valence-corrected chi connectivity index (χ4v) is 8.74. The minimum atomic E-state index is -1.43. The molecule has 1 spiro atoms.